The van der Waals surface area contributed by atoms with Crippen molar-refractivity contribution in [3.05, 3.63) is 59.2 Å². The standard InChI is InChI=1S/C22H26FN3O2S.ClH/c23-19-4-2-1-3-18(19)21(22(28)15-5-6-15)25-9-8-20(29)16(14-25)13-17-7-10-26(24-17)11-12-27;/h1-4,7,10,13,15,20-21,27,29H,5-6,8-9,11-12,14H2;1H/b16-13-;. The van der Waals surface area contributed by atoms with Crippen molar-refractivity contribution >= 4 is 36.9 Å². The van der Waals surface area contributed by atoms with E-state index < -0.39 is 6.04 Å². The number of aliphatic hydroxyl groups is 1. The molecular weight excluding hydrogens is 425 g/mol. The van der Waals surface area contributed by atoms with Crippen molar-refractivity contribution < 1.29 is 14.3 Å². The van der Waals surface area contributed by atoms with E-state index in [1.54, 1.807) is 22.9 Å². The number of halogens is 2. The zero-order valence-corrected chi connectivity index (χ0v) is 18.4. The zero-order chi connectivity index (χ0) is 20.4. The van der Waals surface area contributed by atoms with E-state index in [0.29, 0.717) is 25.2 Å². The number of likely N-dealkylation sites (tertiary alicyclic amines) is 1. The lowest BCUT2D eigenvalue weighted by atomic mass is 9.93. The highest BCUT2D eigenvalue weighted by atomic mass is 35.5. The van der Waals surface area contributed by atoms with Gasteiger partial charge in [0.1, 0.15) is 5.82 Å². The summed E-state index contributed by atoms with van der Waals surface area (Å²) in [5.74, 6) is -0.151. The lowest BCUT2D eigenvalue weighted by Crippen LogP contribution is -2.42. The Labute approximate surface area is 187 Å². The van der Waals surface area contributed by atoms with Crippen molar-refractivity contribution in [1.29, 1.82) is 0 Å². The largest absolute Gasteiger partial charge is 0.394 e. The first-order chi connectivity index (χ1) is 14.1. The van der Waals surface area contributed by atoms with Gasteiger partial charge in [-0.15, -0.1) is 12.4 Å². The normalized spacial score (nSPS) is 22.0. The summed E-state index contributed by atoms with van der Waals surface area (Å²) in [4.78, 5) is 15.2. The molecule has 1 aromatic carbocycles. The number of aromatic nitrogens is 2. The van der Waals surface area contributed by atoms with Crippen molar-refractivity contribution in [2.75, 3.05) is 19.7 Å². The van der Waals surface area contributed by atoms with Crippen LogP contribution in [0, 0.1) is 11.7 Å². The second kappa shape index (κ2) is 10.1. The smallest absolute Gasteiger partial charge is 0.157 e. The Morgan fingerprint density at radius 2 is 2.07 bits per heavy atom. The highest BCUT2D eigenvalue weighted by molar-refractivity contribution is 7.81. The maximum absolute atomic E-state index is 14.6. The molecule has 0 amide bonds. The second-order valence-corrected chi connectivity index (χ2v) is 8.45. The number of carbonyl (C=O) groups is 1. The highest BCUT2D eigenvalue weighted by Crippen LogP contribution is 2.39. The van der Waals surface area contributed by atoms with E-state index in [0.717, 1.165) is 30.5 Å². The molecule has 30 heavy (non-hydrogen) atoms. The van der Waals surface area contributed by atoms with Crippen molar-refractivity contribution in [1.82, 2.24) is 14.7 Å². The Kier molecular flexibility index (Phi) is 7.74. The molecule has 2 aliphatic rings. The van der Waals surface area contributed by atoms with E-state index in [9.17, 15) is 9.18 Å². The molecule has 1 aliphatic carbocycles. The first-order valence-electron chi connectivity index (χ1n) is 10.1. The van der Waals surface area contributed by atoms with Crippen LogP contribution in [0.4, 0.5) is 4.39 Å². The van der Waals surface area contributed by atoms with Gasteiger partial charge in [-0.3, -0.25) is 14.4 Å². The lowest BCUT2D eigenvalue weighted by molar-refractivity contribution is -0.126. The fourth-order valence-corrected chi connectivity index (χ4v) is 4.22. The summed E-state index contributed by atoms with van der Waals surface area (Å²) in [6.45, 7) is 1.74. The molecule has 2 unspecified atom stereocenters. The number of aliphatic hydroxyl groups excluding tert-OH is 1. The van der Waals surface area contributed by atoms with Crippen LogP contribution < -0.4 is 0 Å². The minimum atomic E-state index is -0.556. The number of hydrogen-bond acceptors (Lipinski definition) is 5. The van der Waals surface area contributed by atoms with Gasteiger partial charge in [-0.1, -0.05) is 18.2 Å². The van der Waals surface area contributed by atoms with Gasteiger partial charge < -0.3 is 5.11 Å². The minimum Gasteiger partial charge on any atom is -0.394 e. The molecule has 1 aromatic heterocycles. The summed E-state index contributed by atoms with van der Waals surface area (Å²) in [6.07, 6.45) is 6.41. The monoisotopic (exact) mass is 451 g/mol. The molecule has 1 saturated heterocycles. The Bertz CT molecular complexity index is 915. The van der Waals surface area contributed by atoms with Gasteiger partial charge >= 0.3 is 0 Å². The highest BCUT2D eigenvalue weighted by Gasteiger charge is 2.40. The van der Waals surface area contributed by atoms with Crippen LogP contribution in [0.1, 0.15) is 36.6 Å². The zero-order valence-electron chi connectivity index (χ0n) is 16.7. The van der Waals surface area contributed by atoms with E-state index in [1.807, 2.05) is 18.3 Å². The summed E-state index contributed by atoms with van der Waals surface area (Å²) in [5, 5.41) is 13.6. The Balaban J connectivity index is 0.00000256. The Hall–Kier alpha value is -1.67. The molecule has 2 atom stereocenters. The number of thiol groups is 1. The van der Waals surface area contributed by atoms with Crippen LogP contribution in [-0.2, 0) is 11.3 Å². The number of benzene rings is 1. The van der Waals surface area contributed by atoms with Gasteiger partial charge in [0.15, 0.2) is 5.78 Å². The van der Waals surface area contributed by atoms with Crippen LogP contribution in [-0.4, -0.2) is 50.5 Å². The van der Waals surface area contributed by atoms with Crippen molar-refractivity contribution in [3.63, 3.8) is 0 Å². The van der Waals surface area contributed by atoms with E-state index >= 15 is 0 Å². The fraction of sp³-hybridized carbons (Fsp3) is 0.455. The molecule has 2 fully saturated rings. The molecular formula is C22H27ClFN3O2S. The molecule has 1 saturated carbocycles. The van der Waals surface area contributed by atoms with Gasteiger partial charge in [-0.25, -0.2) is 4.39 Å². The Morgan fingerprint density at radius 1 is 1.30 bits per heavy atom. The number of Topliss-reactive ketones (excluding diaryl/α,β-unsaturated/α-hetero) is 1. The summed E-state index contributed by atoms with van der Waals surface area (Å²) in [6, 6.07) is 7.95. The van der Waals surface area contributed by atoms with Gasteiger partial charge in [0, 0.05) is 36.0 Å². The van der Waals surface area contributed by atoms with Crippen molar-refractivity contribution in [2.45, 2.75) is 37.1 Å². The Morgan fingerprint density at radius 3 is 2.77 bits per heavy atom. The maximum atomic E-state index is 14.6. The molecule has 8 heteroatoms. The molecule has 5 nitrogen and oxygen atoms in total. The number of carbonyl (C=O) groups excluding carboxylic acids is 1. The third kappa shape index (κ3) is 5.14. The number of hydrogen-bond donors (Lipinski definition) is 2. The number of ketones is 1. The van der Waals surface area contributed by atoms with Gasteiger partial charge in [0.2, 0.25) is 0 Å². The van der Waals surface area contributed by atoms with Crippen LogP contribution in [0.15, 0.2) is 42.1 Å². The van der Waals surface area contributed by atoms with Gasteiger partial charge in [0.25, 0.3) is 0 Å². The summed E-state index contributed by atoms with van der Waals surface area (Å²) in [7, 11) is 0. The molecule has 4 rings (SSSR count). The molecule has 1 N–H and O–H groups in total. The van der Waals surface area contributed by atoms with Gasteiger partial charge in [-0.05, 0) is 43.0 Å². The predicted octanol–water partition coefficient (Wildman–Crippen LogP) is 3.54. The predicted molar refractivity (Wildman–Crippen MR) is 120 cm³/mol. The first kappa shape index (κ1) is 23.0. The lowest BCUT2D eigenvalue weighted by Gasteiger charge is -2.37. The third-order valence-electron chi connectivity index (χ3n) is 5.64. The van der Waals surface area contributed by atoms with E-state index in [-0.39, 0.29) is 41.8 Å². The summed E-state index contributed by atoms with van der Waals surface area (Å²) in [5.41, 5.74) is 2.33. The van der Waals surface area contributed by atoms with Crippen LogP contribution in [0.5, 0.6) is 0 Å². The molecule has 2 heterocycles. The third-order valence-corrected chi connectivity index (χ3v) is 6.23. The quantitative estimate of drug-likeness (QED) is 0.632. The first-order valence-corrected chi connectivity index (χ1v) is 10.6. The van der Waals surface area contributed by atoms with Crippen LogP contribution in [0.2, 0.25) is 0 Å². The van der Waals surface area contributed by atoms with E-state index in [1.165, 1.54) is 6.07 Å². The molecule has 2 aromatic rings. The average molecular weight is 452 g/mol. The van der Waals surface area contributed by atoms with Crippen molar-refractivity contribution in [2.24, 2.45) is 5.92 Å². The number of rotatable bonds is 7. The molecule has 0 spiro atoms. The second-order valence-electron chi connectivity index (χ2n) is 7.82. The summed E-state index contributed by atoms with van der Waals surface area (Å²) < 4.78 is 16.3. The van der Waals surface area contributed by atoms with Gasteiger partial charge in [-0.2, -0.15) is 17.7 Å². The molecule has 162 valence electrons. The number of piperidine rings is 1. The molecule has 0 radical (unpaired) electrons. The average Bonchev–Trinajstić information content (AvgIpc) is 3.47. The molecule has 1 aliphatic heterocycles. The van der Waals surface area contributed by atoms with Crippen LogP contribution in [0.3, 0.4) is 0 Å². The maximum Gasteiger partial charge on any atom is 0.157 e. The minimum absolute atomic E-state index is 0. The van der Waals surface area contributed by atoms with Crippen LogP contribution in [0.25, 0.3) is 6.08 Å². The topological polar surface area (TPSA) is 58.4 Å². The molecule has 0 bridgehead atoms. The summed E-state index contributed by atoms with van der Waals surface area (Å²) >= 11 is 4.73. The SMILES string of the molecule is Cl.O=C(C1CC1)C(c1ccccc1F)N1CCC(S)/C(=C\c2ccn(CCO)n2)C1. The van der Waals surface area contributed by atoms with E-state index in [4.69, 9.17) is 17.7 Å². The number of nitrogens with zero attached hydrogens (tertiary/aromatic N) is 3. The van der Waals surface area contributed by atoms with Crippen LogP contribution >= 0.6 is 25.0 Å². The van der Waals surface area contributed by atoms with Crippen molar-refractivity contribution in [3.8, 4) is 0 Å². The fourth-order valence-electron chi connectivity index (χ4n) is 3.94. The van der Waals surface area contributed by atoms with Gasteiger partial charge in [0.05, 0.1) is 24.9 Å². The van der Waals surface area contributed by atoms with E-state index in [2.05, 4.69) is 10.00 Å².